The van der Waals surface area contributed by atoms with Crippen LogP contribution in [-0.4, -0.2) is 34.9 Å². The zero-order valence-corrected chi connectivity index (χ0v) is 6.38. The van der Waals surface area contributed by atoms with E-state index < -0.39 is 11.6 Å². The van der Waals surface area contributed by atoms with Crippen LogP contribution in [0.15, 0.2) is 0 Å². The zero-order valence-electron chi connectivity index (χ0n) is 6.38. The van der Waals surface area contributed by atoms with Crippen LogP contribution in [-0.2, 0) is 4.79 Å². The third-order valence-corrected chi connectivity index (χ3v) is 2.19. The van der Waals surface area contributed by atoms with Crippen molar-refractivity contribution in [2.75, 3.05) is 7.05 Å². The van der Waals surface area contributed by atoms with Gasteiger partial charge in [0.2, 0.25) is 0 Å². The number of hydrogen-bond acceptors (Lipinski definition) is 3. The molecular formula is C6H12N2O2. The molecule has 0 aromatic carbocycles. The van der Waals surface area contributed by atoms with Gasteiger partial charge in [-0.2, -0.15) is 0 Å². The van der Waals surface area contributed by atoms with Gasteiger partial charge in [-0.25, -0.2) is 4.79 Å². The number of nitrogens with one attached hydrogen (secondary N) is 1. The minimum Gasteiger partial charge on any atom is -0.479 e. The normalized spacial score (nSPS) is 40.9. The summed E-state index contributed by atoms with van der Waals surface area (Å²) in [6.45, 7) is 3.57. The molecule has 4 heteroatoms. The molecule has 2 unspecified atom stereocenters. The van der Waals surface area contributed by atoms with Crippen LogP contribution in [0, 0.1) is 0 Å². The van der Waals surface area contributed by atoms with Crippen molar-refractivity contribution >= 4 is 5.97 Å². The molecule has 1 aliphatic heterocycles. The maximum absolute atomic E-state index is 10.6. The smallest absolute Gasteiger partial charge is 0.338 e. The van der Waals surface area contributed by atoms with Gasteiger partial charge < -0.3 is 5.11 Å². The Bertz CT molecular complexity index is 171. The maximum atomic E-state index is 10.6. The molecule has 0 aromatic rings. The second kappa shape index (κ2) is 1.93. The van der Waals surface area contributed by atoms with Crippen molar-refractivity contribution in [3.8, 4) is 0 Å². The monoisotopic (exact) mass is 144 g/mol. The van der Waals surface area contributed by atoms with E-state index in [1.54, 1.807) is 18.9 Å². The standard InChI is InChI=1S/C6H12N2O2/c1-4-7-6(2,5(9)10)8(4)3/h4,7H,1-3H3,(H,9,10). The van der Waals surface area contributed by atoms with Crippen LogP contribution < -0.4 is 5.32 Å². The second-order valence-electron chi connectivity index (χ2n) is 2.81. The Kier molecular flexibility index (Phi) is 1.45. The first-order valence-corrected chi connectivity index (χ1v) is 3.22. The van der Waals surface area contributed by atoms with Crippen molar-refractivity contribution < 1.29 is 9.90 Å². The summed E-state index contributed by atoms with van der Waals surface area (Å²) in [4.78, 5) is 12.3. The Hall–Kier alpha value is -0.610. The van der Waals surface area contributed by atoms with Crippen LogP contribution in [0.1, 0.15) is 13.8 Å². The number of aliphatic carboxylic acids is 1. The predicted octanol–water partition coefficient (Wildman–Crippen LogP) is -0.332. The molecule has 0 saturated carbocycles. The van der Waals surface area contributed by atoms with Crippen molar-refractivity contribution in [1.82, 2.24) is 10.2 Å². The molecule has 0 bridgehead atoms. The highest BCUT2D eigenvalue weighted by atomic mass is 16.4. The molecule has 4 nitrogen and oxygen atoms in total. The van der Waals surface area contributed by atoms with Crippen LogP contribution in [0.3, 0.4) is 0 Å². The lowest BCUT2D eigenvalue weighted by Crippen LogP contribution is -2.78. The van der Waals surface area contributed by atoms with Crippen LogP contribution in [0.2, 0.25) is 0 Å². The fourth-order valence-corrected chi connectivity index (χ4v) is 1.14. The van der Waals surface area contributed by atoms with E-state index in [0.29, 0.717) is 0 Å². The molecule has 0 spiro atoms. The summed E-state index contributed by atoms with van der Waals surface area (Å²) in [6.07, 6.45) is 0.168. The lowest BCUT2D eigenvalue weighted by Gasteiger charge is -2.51. The summed E-state index contributed by atoms with van der Waals surface area (Å²) in [7, 11) is 1.79. The largest absolute Gasteiger partial charge is 0.479 e. The fourth-order valence-electron chi connectivity index (χ4n) is 1.14. The average Bonchev–Trinajstić information content (AvgIpc) is 1.87. The summed E-state index contributed by atoms with van der Waals surface area (Å²) in [5, 5.41) is 11.6. The minimum atomic E-state index is -0.848. The third-order valence-electron chi connectivity index (χ3n) is 2.19. The van der Waals surface area contributed by atoms with E-state index >= 15 is 0 Å². The molecule has 2 atom stereocenters. The first-order chi connectivity index (χ1) is 4.48. The summed E-state index contributed by atoms with van der Waals surface area (Å²) >= 11 is 0. The topological polar surface area (TPSA) is 52.6 Å². The highest BCUT2D eigenvalue weighted by molar-refractivity contribution is 5.78. The number of carboxylic acid groups (broad SMARTS) is 1. The molecule has 10 heavy (non-hydrogen) atoms. The van der Waals surface area contributed by atoms with Gasteiger partial charge in [-0.15, -0.1) is 0 Å². The maximum Gasteiger partial charge on any atom is 0.338 e. The van der Waals surface area contributed by atoms with Gasteiger partial charge in [-0.1, -0.05) is 0 Å². The van der Waals surface area contributed by atoms with Crippen molar-refractivity contribution in [2.24, 2.45) is 0 Å². The Balaban J connectivity index is 2.67. The Morgan fingerprint density at radius 1 is 1.80 bits per heavy atom. The highest BCUT2D eigenvalue weighted by Gasteiger charge is 2.49. The van der Waals surface area contributed by atoms with Crippen LogP contribution in [0.5, 0.6) is 0 Å². The molecule has 1 rings (SSSR count). The van der Waals surface area contributed by atoms with Gasteiger partial charge >= 0.3 is 5.97 Å². The molecule has 0 radical (unpaired) electrons. The summed E-state index contributed by atoms with van der Waals surface area (Å²) < 4.78 is 0. The molecule has 1 fully saturated rings. The SMILES string of the molecule is CC1NC(C)(C(=O)O)N1C. The molecule has 2 N–H and O–H groups in total. The lowest BCUT2D eigenvalue weighted by atomic mass is 10.1. The number of carboxylic acids is 1. The van der Waals surface area contributed by atoms with Crippen molar-refractivity contribution in [2.45, 2.75) is 25.7 Å². The van der Waals surface area contributed by atoms with E-state index in [0.717, 1.165) is 0 Å². The van der Waals surface area contributed by atoms with Crippen molar-refractivity contribution in [3.05, 3.63) is 0 Å². The highest BCUT2D eigenvalue weighted by Crippen LogP contribution is 2.22. The summed E-state index contributed by atoms with van der Waals surface area (Å²) in [6, 6.07) is 0. The number of nitrogens with zero attached hydrogens (tertiary/aromatic N) is 1. The molecule has 1 aliphatic rings. The van der Waals surface area contributed by atoms with Gasteiger partial charge in [0.15, 0.2) is 5.66 Å². The number of carbonyl (C=O) groups is 1. The van der Waals surface area contributed by atoms with Gasteiger partial charge in [-0.3, -0.25) is 10.2 Å². The number of rotatable bonds is 1. The second-order valence-corrected chi connectivity index (χ2v) is 2.81. The molecule has 1 saturated heterocycles. The van der Waals surface area contributed by atoms with Gasteiger partial charge in [0.25, 0.3) is 0 Å². The van der Waals surface area contributed by atoms with E-state index in [2.05, 4.69) is 5.32 Å². The molecule has 0 aliphatic carbocycles. The van der Waals surface area contributed by atoms with Crippen LogP contribution in [0.4, 0.5) is 0 Å². The van der Waals surface area contributed by atoms with Crippen molar-refractivity contribution in [1.29, 1.82) is 0 Å². The van der Waals surface area contributed by atoms with E-state index in [1.807, 2.05) is 6.92 Å². The molecule has 58 valence electrons. The fraction of sp³-hybridized carbons (Fsp3) is 0.833. The third kappa shape index (κ3) is 0.726. The Morgan fingerprint density at radius 2 is 2.30 bits per heavy atom. The van der Waals surface area contributed by atoms with Gasteiger partial charge in [0.1, 0.15) is 0 Å². The summed E-state index contributed by atoms with van der Waals surface area (Å²) in [5.41, 5.74) is -0.848. The Labute approximate surface area is 59.8 Å². The van der Waals surface area contributed by atoms with Crippen molar-refractivity contribution in [3.63, 3.8) is 0 Å². The average molecular weight is 144 g/mol. The molecule has 1 heterocycles. The van der Waals surface area contributed by atoms with Crippen LogP contribution in [0.25, 0.3) is 0 Å². The van der Waals surface area contributed by atoms with Crippen LogP contribution >= 0.6 is 0 Å². The molecule has 0 amide bonds. The number of likely N-dealkylation sites (N-methyl/N-ethyl adjacent to an activating group) is 1. The first kappa shape index (κ1) is 7.50. The number of hydrogen-bond donors (Lipinski definition) is 2. The van der Waals surface area contributed by atoms with E-state index in [-0.39, 0.29) is 6.17 Å². The Morgan fingerprint density at radius 3 is 2.40 bits per heavy atom. The first-order valence-electron chi connectivity index (χ1n) is 3.22. The lowest BCUT2D eigenvalue weighted by molar-refractivity contribution is -0.170. The van der Waals surface area contributed by atoms with Gasteiger partial charge in [-0.05, 0) is 20.9 Å². The van der Waals surface area contributed by atoms with E-state index in [9.17, 15) is 4.79 Å². The molecule has 0 aromatic heterocycles. The summed E-state index contributed by atoms with van der Waals surface area (Å²) in [5.74, 6) is -0.826. The predicted molar refractivity (Wildman–Crippen MR) is 36.4 cm³/mol. The quantitative estimate of drug-likeness (QED) is 0.529. The molecular weight excluding hydrogens is 132 g/mol. The zero-order chi connectivity index (χ0) is 7.94. The van der Waals surface area contributed by atoms with Gasteiger partial charge in [0, 0.05) is 0 Å². The van der Waals surface area contributed by atoms with E-state index in [1.165, 1.54) is 0 Å². The minimum absolute atomic E-state index is 0.168. The van der Waals surface area contributed by atoms with Gasteiger partial charge in [0.05, 0.1) is 6.17 Å². The van der Waals surface area contributed by atoms with E-state index in [4.69, 9.17) is 5.11 Å².